The van der Waals surface area contributed by atoms with Crippen molar-refractivity contribution >= 4 is 5.71 Å². The van der Waals surface area contributed by atoms with E-state index in [4.69, 9.17) is 11.6 Å². The minimum atomic E-state index is -0.984. The smallest absolute Gasteiger partial charge is 0.131 e. The highest BCUT2D eigenvalue weighted by Crippen LogP contribution is 2.66. The number of oxime groups is 1. The summed E-state index contributed by atoms with van der Waals surface area (Å²) in [6, 6.07) is 0. The molecule has 0 spiro atoms. The summed E-state index contributed by atoms with van der Waals surface area (Å²) in [4.78, 5) is 0. The van der Waals surface area contributed by atoms with Crippen LogP contribution in [0.15, 0.2) is 16.8 Å². The Hall–Kier alpha value is -1.31. The van der Waals surface area contributed by atoms with Crippen molar-refractivity contribution in [2.24, 2.45) is 34.2 Å². The maximum absolute atomic E-state index is 11.1. The molecule has 4 aliphatic carbocycles. The molecule has 7 atom stereocenters. The van der Waals surface area contributed by atoms with E-state index in [1.54, 1.807) is 0 Å². The lowest BCUT2D eigenvalue weighted by Crippen LogP contribution is -2.55. The van der Waals surface area contributed by atoms with Crippen LogP contribution in [-0.4, -0.2) is 32.8 Å². The predicted molar refractivity (Wildman–Crippen MR) is 96.1 cm³/mol. The molecule has 3 N–H and O–H groups in total. The summed E-state index contributed by atoms with van der Waals surface area (Å²) in [5, 5.41) is 34.4. The van der Waals surface area contributed by atoms with E-state index in [1.165, 1.54) is 0 Å². The highest BCUT2D eigenvalue weighted by Gasteiger charge is 2.63. The third-order valence-electron chi connectivity index (χ3n) is 8.21. The molecule has 0 bridgehead atoms. The van der Waals surface area contributed by atoms with Crippen LogP contribution in [0.25, 0.3) is 0 Å². The molecule has 0 aromatic carbocycles. The summed E-state index contributed by atoms with van der Waals surface area (Å²) in [6.45, 7) is 2.16. The molecule has 0 aromatic heterocycles. The second-order valence-corrected chi connectivity index (χ2v) is 8.66. The fourth-order valence-electron chi connectivity index (χ4n) is 7.05. The molecule has 136 valence electrons. The second-order valence-electron chi connectivity index (χ2n) is 8.66. The van der Waals surface area contributed by atoms with E-state index in [9.17, 15) is 10.2 Å². The maximum atomic E-state index is 11.1. The Morgan fingerprint density at radius 1 is 1.28 bits per heavy atom. The molecule has 0 aromatic rings. The first-order valence-electron chi connectivity index (χ1n) is 9.80. The van der Waals surface area contributed by atoms with Crippen LogP contribution in [0.3, 0.4) is 0 Å². The number of terminal acetylenes is 1. The molecule has 4 aliphatic rings. The summed E-state index contributed by atoms with van der Waals surface area (Å²) >= 11 is 0. The predicted octanol–water partition coefficient (Wildman–Crippen LogP) is 3.11. The molecule has 0 radical (unpaired) electrons. The van der Waals surface area contributed by atoms with E-state index in [-0.39, 0.29) is 5.41 Å². The third kappa shape index (κ3) is 2.18. The molecule has 0 aliphatic heterocycles. The first-order valence-corrected chi connectivity index (χ1v) is 9.80. The molecule has 4 unspecified atom stereocenters. The van der Waals surface area contributed by atoms with Crippen molar-refractivity contribution in [3.05, 3.63) is 11.6 Å². The number of aliphatic hydroxyl groups is 2. The fraction of sp³-hybridized carbons (Fsp3) is 0.762. The van der Waals surface area contributed by atoms with Crippen LogP contribution in [0.1, 0.15) is 58.3 Å². The Morgan fingerprint density at radius 2 is 2.08 bits per heavy atom. The van der Waals surface area contributed by atoms with Crippen LogP contribution in [0.5, 0.6) is 0 Å². The van der Waals surface area contributed by atoms with Crippen molar-refractivity contribution in [1.29, 1.82) is 0 Å². The molecule has 3 saturated carbocycles. The van der Waals surface area contributed by atoms with Crippen molar-refractivity contribution in [3.63, 3.8) is 0 Å². The van der Waals surface area contributed by atoms with Crippen molar-refractivity contribution in [2.45, 2.75) is 70.0 Å². The number of nitrogens with zero attached hydrogens (tertiary/aromatic N) is 1. The lowest BCUT2D eigenvalue weighted by atomic mass is 9.49. The molecular formula is C21H29NO3. The van der Waals surface area contributed by atoms with Crippen LogP contribution in [0.4, 0.5) is 0 Å². The number of hydrogen-bond acceptors (Lipinski definition) is 4. The van der Waals surface area contributed by atoms with Gasteiger partial charge in [-0.2, -0.15) is 0 Å². The Balaban J connectivity index is 1.69. The van der Waals surface area contributed by atoms with Crippen molar-refractivity contribution in [2.75, 3.05) is 0 Å². The average molecular weight is 343 g/mol. The fourth-order valence-corrected chi connectivity index (χ4v) is 7.05. The monoisotopic (exact) mass is 343 g/mol. The van der Waals surface area contributed by atoms with Crippen LogP contribution >= 0.6 is 0 Å². The topological polar surface area (TPSA) is 73.0 Å². The minimum Gasteiger partial charge on any atom is -0.411 e. The Bertz CT molecular complexity index is 663. The van der Waals surface area contributed by atoms with E-state index in [0.29, 0.717) is 35.8 Å². The quantitative estimate of drug-likeness (QED) is 0.389. The van der Waals surface area contributed by atoms with Crippen LogP contribution in [-0.2, 0) is 0 Å². The van der Waals surface area contributed by atoms with E-state index in [0.717, 1.165) is 50.5 Å². The van der Waals surface area contributed by atoms with Gasteiger partial charge in [0.05, 0.1) is 11.8 Å². The van der Waals surface area contributed by atoms with Gasteiger partial charge < -0.3 is 15.4 Å². The van der Waals surface area contributed by atoms with E-state index in [2.05, 4.69) is 18.0 Å². The summed E-state index contributed by atoms with van der Waals surface area (Å²) < 4.78 is 0. The molecule has 3 fully saturated rings. The summed E-state index contributed by atoms with van der Waals surface area (Å²) in [6.07, 6.45) is 14.3. The van der Waals surface area contributed by atoms with Gasteiger partial charge in [0.1, 0.15) is 5.60 Å². The maximum Gasteiger partial charge on any atom is 0.131 e. The molecule has 4 heteroatoms. The lowest BCUT2D eigenvalue weighted by Gasteiger charge is -2.56. The molecule has 25 heavy (non-hydrogen) atoms. The standard InChI is InChI=1S/C21H29NO3/c1-3-20-9-7-15-14-6-5-13(22-25)11-17(14)19(23)12-16(15)18(20)8-10-21(20,24)4-2/h2,11,14-16,18-19,23-25H,3,5-10,12H2,1H3/b22-13+/t14?,15?,16?,18?,19-,20+,21+/m1/s1. The average Bonchev–Trinajstić information content (AvgIpc) is 2.95. The normalized spacial score (nSPS) is 50.4. The third-order valence-corrected chi connectivity index (χ3v) is 8.21. The number of fused-ring (bicyclic) bond motifs is 5. The van der Waals surface area contributed by atoms with E-state index >= 15 is 0 Å². The Labute approximate surface area is 150 Å². The molecule has 4 rings (SSSR count). The second kappa shape index (κ2) is 5.86. The van der Waals surface area contributed by atoms with Gasteiger partial charge in [0.15, 0.2) is 0 Å². The highest BCUT2D eigenvalue weighted by molar-refractivity contribution is 5.96. The molecule has 0 amide bonds. The van der Waals surface area contributed by atoms with Gasteiger partial charge in [-0.1, -0.05) is 18.0 Å². The summed E-state index contributed by atoms with van der Waals surface area (Å²) in [5.41, 5.74) is 0.581. The minimum absolute atomic E-state index is 0.184. The van der Waals surface area contributed by atoms with Crippen LogP contribution in [0, 0.1) is 41.4 Å². The number of aliphatic hydroxyl groups excluding tert-OH is 1. The van der Waals surface area contributed by atoms with Crippen LogP contribution < -0.4 is 0 Å². The van der Waals surface area contributed by atoms with E-state index < -0.39 is 11.7 Å². The van der Waals surface area contributed by atoms with Gasteiger partial charge in [-0.05, 0) is 86.7 Å². The SMILES string of the molecule is C#C[C@]1(O)CCC2C3C[C@@H](O)C4=C/C(=N/O)CCC4C3CC[C@@]21CC. The number of hydrogen-bond donors (Lipinski definition) is 3. The van der Waals surface area contributed by atoms with Gasteiger partial charge in [0.2, 0.25) is 0 Å². The lowest BCUT2D eigenvalue weighted by molar-refractivity contribution is -0.108. The zero-order chi connectivity index (χ0) is 17.8. The first kappa shape index (κ1) is 17.1. The molecule has 0 heterocycles. The van der Waals surface area contributed by atoms with Crippen LogP contribution in [0.2, 0.25) is 0 Å². The largest absolute Gasteiger partial charge is 0.411 e. The summed E-state index contributed by atoms with van der Waals surface area (Å²) in [5.74, 6) is 4.52. The van der Waals surface area contributed by atoms with Gasteiger partial charge >= 0.3 is 0 Å². The summed E-state index contributed by atoms with van der Waals surface area (Å²) in [7, 11) is 0. The van der Waals surface area contributed by atoms with E-state index in [1.807, 2.05) is 6.08 Å². The van der Waals surface area contributed by atoms with Gasteiger partial charge in [-0.25, -0.2) is 0 Å². The molecule has 0 saturated heterocycles. The van der Waals surface area contributed by atoms with Crippen molar-refractivity contribution < 1.29 is 15.4 Å². The molecule has 4 nitrogen and oxygen atoms in total. The zero-order valence-electron chi connectivity index (χ0n) is 15.0. The first-order chi connectivity index (χ1) is 12.0. The molecular weight excluding hydrogens is 314 g/mol. The Morgan fingerprint density at radius 3 is 2.76 bits per heavy atom. The van der Waals surface area contributed by atoms with Gasteiger partial charge in [-0.3, -0.25) is 0 Å². The van der Waals surface area contributed by atoms with Crippen molar-refractivity contribution in [1.82, 2.24) is 0 Å². The number of rotatable bonds is 1. The van der Waals surface area contributed by atoms with Gasteiger partial charge in [0, 0.05) is 5.41 Å². The van der Waals surface area contributed by atoms with Gasteiger partial charge in [-0.15, -0.1) is 6.42 Å². The van der Waals surface area contributed by atoms with Crippen molar-refractivity contribution in [3.8, 4) is 12.3 Å². The Kier molecular flexibility index (Phi) is 4.01. The van der Waals surface area contributed by atoms with Gasteiger partial charge in [0.25, 0.3) is 0 Å². The zero-order valence-corrected chi connectivity index (χ0v) is 15.0. The number of allylic oxidation sites excluding steroid dienone is 1. The highest BCUT2D eigenvalue weighted by atomic mass is 16.4.